The van der Waals surface area contributed by atoms with Gasteiger partial charge in [-0.05, 0) is 42.8 Å². The molecule has 2 aromatic carbocycles. The number of aromatic nitrogens is 3. The molecule has 2 aromatic heterocycles. The maximum Gasteiger partial charge on any atom is 0.195 e. The number of aliphatic hydroxyl groups is 1. The number of ether oxygens (including phenoxy) is 3. The van der Waals surface area contributed by atoms with E-state index in [1.54, 1.807) is 25.4 Å². The molecule has 3 N–H and O–H groups in total. The number of ketones is 1. The van der Waals surface area contributed by atoms with Gasteiger partial charge in [-0.25, -0.2) is 9.97 Å². The number of H-pyrrole nitrogens is 1. The van der Waals surface area contributed by atoms with Gasteiger partial charge in [-0.2, -0.15) is 0 Å². The molecule has 9 nitrogen and oxygen atoms in total. The topological polar surface area (TPSA) is 119 Å². The van der Waals surface area contributed by atoms with E-state index in [-0.39, 0.29) is 30.6 Å². The van der Waals surface area contributed by atoms with E-state index in [1.807, 2.05) is 43.3 Å². The average molecular weight is 489 g/mol. The SMILES string of the molecule is CO[C@@H]1C[C@@H](CO)OC[C@@H]1Nc1ncnc2[nH]cc(C(=O)c3ccc(Oc4ccccc4)cc3C)c12. The number of rotatable bonds is 8. The molecule has 36 heavy (non-hydrogen) atoms. The summed E-state index contributed by atoms with van der Waals surface area (Å²) in [5.74, 6) is 1.76. The van der Waals surface area contributed by atoms with Crippen molar-refractivity contribution in [3.63, 3.8) is 0 Å². The van der Waals surface area contributed by atoms with Crippen LogP contribution in [0.4, 0.5) is 5.82 Å². The minimum Gasteiger partial charge on any atom is -0.457 e. The highest BCUT2D eigenvalue weighted by atomic mass is 16.5. The Kier molecular flexibility index (Phi) is 6.95. The van der Waals surface area contributed by atoms with Gasteiger partial charge in [-0.15, -0.1) is 0 Å². The van der Waals surface area contributed by atoms with Gasteiger partial charge in [0.25, 0.3) is 0 Å². The van der Waals surface area contributed by atoms with Crippen LogP contribution < -0.4 is 10.1 Å². The van der Waals surface area contributed by atoms with Crippen LogP contribution in [0.15, 0.2) is 61.1 Å². The zero-order valence-electron chi connectivity index (χ0n) is 20.1. The number of carbonyl (C=O) groups excluding carboxylic acids is 1. The molecule has 5 rings (SSSR count). The first-order chi connectivity index (χ1) is 17.6. The molecule has 0 radical (unpaired) electrons. The quantitative estimate of drug-likeness (QED) is 0.320. The van der Waals surface area contributed by atoms with Gasteiger partial charge in [0.05, 0.1) is 42.4 Å². The van der Waals surface area contributed by atoms with Gasteiger partial charge >= 0.3 is 0 Å². The Morgan fingerprint density at radius 3 is 2.75 bits per heavy atom. The number of nitrogens with zero attached hydrogens (tertiary/aromatic N) is 2. The van der Waals surface area contributed by atoms with Gasteiger partial charge in [0.2, 0.25) is 0 Å². The first-order valence-electron chi connectivity index (χ1n) is 11.8. The zero-order chi connectivity index (χ0) is 25.1. The van der Waals surface area contributed by atoms with E-state index >= 15 is 0 Å². The van der Waals surface area contributed by atoms with Crippen LogP contribution in [0.1, 0.15) is 27.9 Å². The van der Waals surface area contributed by atoms with Crippen molar-refractivity contribution in [2.45, 2.75) is 31.6 Å². The molecule has 0 spiro atoms. The van der Waals surface area contributed by atoms with Gasteiger partial charge in [0.1, 0.15) is 29.3 Å². The highest BCUT2D eigenvalue weighted by Crippen LogP contribution is 2.30. The lowest BCUT2D eigenvalue weighted by atomic mass is 9.98. The number of para-hydroxylation sites is 1. The number of anilines is 1. The third-order valence-electron chi connectivity index (χ3n) is 6.42. The second-order valence-corrected chi connectivity index (χ2v) is 8.77. The molecule has 1 fully saturated rings. The summed E-state index contributed by atoms with van der Waals surface area (Å²) < 4.78 is 17.3. The Balaban J connectivity index is 1.42. The Bertz CT molecular complexity index is 1360. The molecular formula is C27H28N4O5. The molecule has 186 valence electrons. The number of nitrogens with one attached hydrogen (secondary N) is 2. The summed E-state index contributed by atoms with van der Waals surface area (Å²) in [6.07, 6.45) is 3.21. The van der Waals surface area contributed by atoms with Crippen molar-refractivity contribution >= 4 is 22.6 Å². The Morgan fingerprint density at radius 2 is 2.00 bits per heavy atom. The van der Waals surface area contributed by atoms with E-state index in [2.05, 4.69) is 20.3 Å². The smallest absolute Gasteiger partial charge is 0.195 e. The third-order valence-corrected chi connectivity index (χ3v) is 6.42. The van der Waals surface area contributed by atoms with E-state index in [0.29, 0.717) is 46.8 Å². The lowest BCUT2D eigenvalue weighted by Gasteiger charge is -2.35. The van der Waals surface area contributed by atoms with Gasteiger partial charge in [0, 0.05) is 25.3 Å². The molecule has 1 saturated heterocycles. The molecular weight excluding hydrogens is 460 g/mol. The molecule has 0 aliphatic carbocycles. The summed E-state index contributed by atoms with van der Waals surface area (Å²) in [5.41, 5.74) is 2.38. The van der Waals surface area contributed by atoms with Crippen molar-refractivity contribution in [3.8, 4) is 11.5 Å². The number of aliphatic hydroxyl groups excluding tert-OH is 1. The summed E-state index contributed by atoms with van der Waals surface area (Å²) in [7, 11) is 1.63. The van der Waals surface area contributed by atoms with Crippen molar-refractivity contribution in [2.24, 2.45) is 0 Å². The number of carbonyl (C=O) groups is 1. The Morgan fingerprint density at radius 1 is 1.17 bits per heavy atom. The number of aryl methyl sites for hydroxylation is 1. The number of benzene rings is 2. The van der Waals surface area contributed by atoms with E-state index in [1.165, 1.54) is 6.33 Å². The second kappa shape index (κ2) is 10.4. The van der Waals surface area contributed by atoms with E-state index in [4.69, 9.17) is 14.2 Å². The normalized spacial score (nSPS) is 19.8. The maximum absolute atomic E-state index is 13.6. The molecule has 3 atom stereocenters. The van der Waals surface area contributed by atoms with E-state index < -0.39 is 0 Å². The van der Waals surface area contributed by atoms with Crippen LogP contribution in [-0.4, -0.2) is 64.4 Å². The molecule has 0 bridgehead atoms. The summed E-state index contributed by atoms with van der Waals surface area (Å²) in [4.78, 5) is 25.5. The standard InChI is InChI=1S/C27H28N4O5/c1-16-10-18(36-17-6-4-3-5-7-17)8-9-20(16)25(33)21-12-28-26-24(21)27(30-15-29-26)31-22-14-35-19(13-32)11-23(22)34-2/h3-10,12,15,19,22-23,32H,11,13-14H2,1-2H3,(H2,28,29,30,31)/t19-,22-,23+/m0/s1. The Hall–Kier alpha value is -3.79. The fourth-order valence-electron chi connectivity index (χ4n) is 4.51. The van der Waals surface area contributed by atoms with Gasteiger partial charge in [0.15, 0.2) is 5.78 Å². The van der Waals surface area contributed by atoms with Crippen LogP contribution in [0.2, 0.25) is 0 Å². The summed E-state index contributed by atoms with van der Waals surface area (Å²) in [6.45, 7) is 2.16. The molecule has 3 heterocycles. The lowest BCUT2D eigenvalue weighted by molar-refractivity contribution is -0.0831. The maximum atomic E-state index is 13.6. The van der Waals surface area contributed by atoms with Crippen molar-refractivity contribution in [1.82, 2.24) is 15.0 Å². The largest absolute Gasteiger partial charge is 0.457 e. The van der Waals surface area contributed by atoms with Crippen molar-refractivity contribution < 1.29 is 24.1 Å². The predicted molar refractivity (Wildman–Crippen MR) is 135 cm³/mol. The summed E-state index contributed by atoms with van der Waals surface area (Å²) in [6, 6.07) is 14.7. The van der Waals surface area contributed by atoms with E-state index in [9.17, 15) is 9.90 Å². The number of methoxy groups -OCH3 is 1. The molecule has 0 amide bonds. The van der Waals surface area contributed by atoms with Crippen LogP contribution >= 0.6 is 0 Å². The minimum atomic E-state index is -0.264. The molecule has 0 unspecified atom stereocenters. The van der Waals surface area contributed by atoms with E-state index in [0.717, 1.165) is 11.3 Å². The number of fused-ring (bicyclic) bond motifs is 1. The van der Waals surface area contributed by atoms with Crippen LogP contribution in [0.5, 0.6) is 11.5 Å². The van der Waals surface area contributed by atoms with Crippen LogP contribution in [0.3, 0.4) is 0 Å². The highest BCUT2D eigenvalue weighted by molar-refractivity contribution is 6.18. The summed E-state index contributed by atoms with van der Waals surface area (Å²) in [5, 5.41) is 13.4. The third kappa shape index (κ3) is 4.81. The van der Waals surface area contributed by atoms with Crippen molar-refractivity contribution in [1.29, 1.82) is 0 Å². The zero-order valence-corrected chi connectivity index (χ0v) is 20.1. The van der Waals surface area contributed by atoms with Gasteiger partial charge < -0.3 is 29.6 Å². The molecule has 0 saturated carbocycles. The molecule has 9 heteroatoms. The number of hydrogen-bond acceptors (Lipinski definition) is 8. The first-order valence-corrected chi connectivity index (χ1v) is 11.8. The first kappa shape index (κ1) is 23.9. The Labute approximate surface area is 208 Å². The van der Waals surface area contributed by atoms with Crippen molar-refractivity contribution in [3.05, 3.63) is 77.7 Å². The van der Waals surface area contributed by atoms with Gasteiger partial charge in [-0.3, -0.25) is 4.79 Å². The van der Waals surface area contributed by atoms with Crippen LogP contribution in [-0.2, 0) is 9.47 Å². The van der Waals surface area contributed by atoms with Crippen LogP contribution in [0.25, 0.3) is 11.0 Å². The fourth-order valence-corrected chi connectivity index (χ4v) is 4.51. The average Bonchev–Trinajstić information content (AvgIpc) is 3.34. The summed E-state index contributed by atoms with van der Waals surface area (Å²) >= 11 is 0. The predicted octanol–water partition coefficient (Wildman–Crippen LogP) is 3.87. The fraction of sp³-hybridized carbons (Fsp3) is 0.296. The van der Waals surface area contributed by atoms with Crippen molar-refractivity contribution in [2.75, 3.05) is 25.6 Å². The number of hydrogen-bond donors (Lipinski definition) is 3. The minimum absolute atomic E-state index is 0.0602. The monoisotopic (exact) mass is 488 g/mol. The molecule has 1 aliphatic rings. The van der Waals surface area contributed by atoms with Gasteiger partial charge in [-0.1, -0.05) is 18.2 Å². The second-order valence-electron chi connectivity index (χ2n) is 8.77. The number of aromatic amines is 1. The highest BCUT2D eigenvalue weighted by Gasteiger charge is 2.32. The molecule has 1 aliphatic heterocycles. The van der Waals surface area contributed by atoms with Crippen LogP contribution in [0, 0.1) is 6.92 Å². The molecule has 4 aromatic rings. The lowest BCUT2D eigenvalue weighted by Crippen LogP contribution is -2.47.